The third-order valence-electron chi connectivity index (χ3n) is 1.77. The maximum atomic E-state index is 5.58. The van der Waals surface area contributed by atoms with Crippen LogP contribution in [-0.2, 0) is 9.47 Å². The summed E-state index contributed by atoms with van der Waals surface area (Å²) in [6.45, 7) is 9.01. The number of hydrogen-bond donors (Lipinski definition) is 0. The minimum atomic E-state index is 0.0185. The molecule has 0 aromatic carbocycles. The van der Waals surface area contributed by atoms with E-state index in [4.69, 9.17) is 9.47 Å². The fraction of sp³-hybridized carbons (Fsp3) is 1.00. The lowest BCUT2D eigenvalue weighted by Crippen LogP contribution is -2.30. The van der Waals surface area contributed by atoms with Gasteiger partial charge < -0.3 is 9.47 Å². The Hall–Kier alpha value is -0.0800. The Kier molecular flexibility index (Phi) is 2.90. The number of hydrogen-bond acceptors (Lipinski definition) is 2. The third-order valence-corrected chi connectivity index (χ3v) is 1.77. The lowest BCUT2D eigenvalue weighted by Gasteiger charge is -2.27. The summed E-state index contributed by atoms with van der Waals surface area (Å²) in [5, 5.41) is 0. The van der Waals surface area contributed by atoms with Gasteiger partial charge in [-0.15, -0.1) is 0 Å². The first-order valence-corrected chi connectivity index (χ1v) is 4.29. The van der Waals surface area contributed by atoms with Crippen molar-refractivity contribution >= 4 is 0 Å². The van der Waals surface area contributed by atoms with Crippen LogP contribution in [0, 0.1) is 5.92 Å². The van der Waals surface area contributed by atoms with Gasteiger partial charge in [0.15, 0.2) is 0 Å². The summed E-state index contributed by atoms with van der Waals surface area (Å²) in [4.78, 5) is 0. The van der Waals surface area contributed by atoms with E-state index in [-0.39, 0.29) is 5.60 Å². The van der Waals surface area contributed by atoms with Gasteiger partial charge in [0.25, 0.3) is 0 Å². The highest BCUT2D eigenvalue weighted by molar-refractivity contribution is 4.66. The van der Waals surface area contributed by atoms with E-state index in [2.05, 4.69) is 20.8 Å². The van der Waals surface area contributed by atoms with Gasteiger partial charge >= 0.3 is 0 Å². The third kappa shape index (κ3) is 3.73. The maximum Gasteiger partial charge on any atom is 0.0598 e. The molecule has 2 heteroatoms. The Balaban J connectivity index is 1.95. The van der Waals surface area contributed by atoms with Crippen LogP contribution in [0.3, 0.4) is 0 Å². The van der Waals surface area contributed by atoms with Crippen molar-refractivity contribution in [2.24, 2.45) is 5.92 Å². The molecular weight excluding hydrogens is 140 g/mol. The van der Waals surface area contributed by atoms with E-state index in [0.717, 1.165) is 32.2 Å². The molecule has 0 amide bonds. The van der Waals surface area contributed by atoms with Crippen molar-refractivity contribution in [3.63, 3.8) is 0 Å². The number of rotatable bonds is 3. The van der Waals surface area contributed by atoms with Crippen molar-refractivity contribution in [2.75, 3.05) is 19.8 Å². The standard InChI is InChI=1S/C9H18O2/c1-9(2,3)11-5-4-8-6-10-7-8/h8H,4-7H2,1-3H3. The highest BCUT2D eigenvalue weighted by atomic mass is 16.5. The van der Waals surface area contributed by atoms with E-state index in [1.807, 2.05) is 0 Å². The largest absolute Gasteiger partial charge is 0.381 e. The SMILES string of the molecule is CC(C)(C)OCCC1COC1. The van der Waals surface area contributed by atoms with Crippen molar-refractivity contribution in [3.8, 4) is 0 Å². The van der Waals surface area contributed by atoms with Crippen molar-refractivity contribution < 1.29 is 9.47 Å². The molecule has 0 spiro atoms. The van der Waals surface area contributed by atoms with Gasteiger partial charge in [-0.3, -0.25) is 0 Å². The molecule has 1 heterocycles. The quantitative estimate of drug-likeness (QED) is 0.624. The molecule has 1 fully saturated rings. The summed E-state index contributed by atoms with van der Waals surface area (Å²) < 4.78 is 10.6. The van der Waals surface area contributed by atoms with E-state index < -0.39 is 0 Å². The second-order valence-electron chi connectivity index (χ2n) is 4.15. The summed E-state index contributed by atoms with van der Waals surface area (Å²) in [6.07, 6.45) is 1.15. The molecule has 1 aliphatic rings. The van der Waals surface area contributed by atoms with E-state index in [1.54, 1.807) is 0 Å². The van der Waals surface area contributed by atoms with Gasteiger partial charge in [0.1, 0.15) is 0 Å². The maximum absolute atomic E-state index is 5.58. The Morgan fingerprint density at radius 3 is 2.36 bits per heavy atom. The average Bonchev–Trinajstić information content (AvgIpc) is 1.73. The van der Waals surface area contributed by atoms with Gasteiger partial charge in [-0.1, -0.05) is 0 Å². The highest BCUT2D eigenvalue weighted by Crippen LogP contribution is 2.16. The van der Waals surface area contributed by atoms with Crippen LogP contribution >= 0.6 is 0 Å². The lowest BCUT2D eigenvalue weighted by atomic mass is 10.1. The minimum Gasteiger partial charge on any atom is -0.381 e. The van der Waals surface area contributed by atoms with Crippen molar-refractivity contribution in [2.45, 2.75) is 32.8 Å². The summed E-state index contributed by atoms with van der Waals surface area (Å²) in [7, 11) is 0. The second-order valence-corrected chi connectivity index (χ2v) is 4.15. The normalized spacial score (nSPS) is 19.9. The molecule has 2 nitrogen and oxygen atoms in total. The molecule has 1 saturated heterocycles. The molecule has 1 rings (SSSR count). The van der Waals surface area contributed by atoms with Gasteiger partial charge in [-0.25, -0.2) is 0 Å². The van der Waals surface area contributed by atoms with Gasteiger partial charge in [0, 0.05) is 12.5 Å². The molecule has 0 unspecified atom stereocenters. The Bertz CT molecular complexity index is 111. The zero-order valence-electron chi connectivity index (χ0n) is 7.72. The fourth-order valence-corrected chi connectivity index (χ4v) is 0.983. The molecule has 11 heavy (non-hydrogen) atoms. The predicted octanol–water partition coefficient (Wildman–Crippen LogP) is 1.84. The molecule has 0 N–H and O–H groups in total. The van der Waals surface area contributed by atoms with Gasteiger partial charge in [-0.05, 0) is 27.2 Å². The van der Waals surface area contributed by atoms with Crippen LogP contribution in [0.1, 0.15) is 27.2 Å². The molecule has 0 aromatic rings. The lowest BCUT2D eigenvalue weighted by molar-refractivity contribution is -0.0657. The molecule has 0 atom stereocenters. The summed E-state index contributed by atoms with van der Waals surface area (Å²) in [5.41, 5.74) is 0.0185. The van der Waals surface area contributed by atoms with Gasteiger partial charge in [0.05, 0.1) is 18.8 Å². The van der Waals surface area contributed by atoms with Gasteiger partial charge in [-0.2, -0.15) is 0 Å². The topological polar surface area (TPSA) is 18.5 Å². The first-order chi connectivity index (χ1) is 5.08. The Labute approximate surface area is 68.9 Å². The molecule has 0 bridgehead atoms. The average molecular weight is 158 g/mol. The zero-order chi connectivity index (χ0) is 8.32. The Morgan fingerprint density at radius 1 is 1.36 bits per heavy atom. The molecule has 1 aliphatic heterocycles. The second kappa shape index (κ2) is 3.55. The Morgan fingerprint density at radius 2 is 2.00 bits per heavy atom. The zero-order valence-corrected chi connectivity index (χ0v) is 7.72. The fourth-order valence-electron chi connectivity index (χ4n) is 0.983. The van der Waals surface area contributed by atoms with Crippen LogP contribution < -0.4 is 0 Å². The molecule has 0 saturated carbocycles. The summed E-state index contributed by atoms with van der Waals surface area (Å²) >= 11 is 0. The first kappa shape index (κ1) is 9.01. The summed E-state index contributed by atoms with van der Waals surface area (Å²) in [5.74, 6) is 0.761. The van der Waals surface area contributed by atoms with E-state index in [1.165, 1.54) is 0 Å². The molecule has 0 aromatic heterocycles. The van der Waals surface area contributed by atoms with E-state index in [9.17, 15) is 0 Å². The van der Waals surface area contributed by atoms with Crippen LogP contribution in [0.4, 0.5) is 0 Å². The van der Waals surface area contributed by atoms with Crippen LogP contribution in [0.2, 0.25) is 0 Å². The molecule has 0 radical (unpaired) electrons. The minimum absolute atomic E-state index is 0.0185. The molecule has 66 valence electrons. The molecular formula is C9H18O2. The van der Waals surface area contributed by atoms with Crippen molar-refractivity contribution in [1.29, 1.82) is 0 Å². The van der Waals surface area contributed by atoms with E-state index in [0.29, 0.717) is 0 Å². The van der Waals surface area contributed by atoms with Crippen molar-refractivity contribution in [1.82, 2.24) is 0 Å². The van der Waals surface area contributed by atoms with E-state index >= 15 is 0 Å². The van der Waals surface area contributed by atoms with Crippen LogP contribution in [0.5, 0.6) is 0 Å². The van der Waals surface area contributed by atoms with Gasteiger partial charge in [0.2, 0.25) is 0 Å². The van der Waals surface area contributed by atoms with Crippen LogP contribution in [0.25, 0.3) is 0 Å². The first-order valence-electron chi connectivity index (χ1n) is 4.29. The smallest absolute Gasteiger partial charge is 0.0598 e. The van der Waals surface area contributed by atoms with Crippen LogP contribution in [0.15, 0.2) is 0 Å². The highest BCUT2D eigenvalue weighted by Gasteiger charge is 2.19. The predicted molar refractivity (Wildman–Crippen MR) is 44.6 cm³/mol. The monoisotopic (exact) mass is 158 g/mol. The molecule has 0 aliphatic carbocycles. The number of ether oxygens (including phenoxy) is 2. The summed E-state index contributed by atoms with van der Waals surface area (Å²) in [6, 6.07) is 0. The van der Waals surface area contributed by atoms with Crippen LogP contribution in [-0.4, -0.2) is 25.4 Å². The van der Waals surface area contributed by atoms with Crippen molar-refractivity contribution in [3.05, 3.63) is 0 Å².